The van der Waals surface area contributed by atoms with Crippen LogP contribution in [0.5, 0.6) is 11.5 Å². The van der Waals surface area contributed by atoms with Gasteiger partial charge in [-0.15, -0.1) is 0 Å². The Morgan fingerprint density at radius 1 is 1.04 bits per heavy atom. The van der Waals surface area contributed by atoms with Crippen molar-refractivity contribution in [2.45, 2.75) is 43.9 Å². The fourth-order valence-electron chi connectivity index (χ4n) is 3.11. The van der Waals surface area contributed by atoms with Gasteiger partial charge in [0.2, 0.25) is 15.8 Å². The van der Waals surface area contributed by atoms with Crippen molar-refractivity contribution in [3.63, 3.8) is 0 Å². The van der Waals surface area contributed by atoms with Gasteiger partial charge in [0.05, 0.1) is 9.82 Å². The molecule has 0 spiro atoms. The van der Waals surface area contributed by atoms with E-state index in [1.165, 1.54) is 16.4 Å². The van der Waals surface area contributed by atoms with Crippen LogP contribution in [0.1, 0.15) is 39.2 Å². The van der Waals surface area contributed by atoms with E-state index in [1.807, 2.05) is 12.1 Å². The van der Waals surface area contributed by atoms with Crippen molar-refractivity contribution in [3.05, 3.63) is 58.1 Å². The molecule has 0 N–H and O–H groups in total. The summed E-state index contributed by atoms with van der Waals surface area (Å²) in [7, 11) is -3.73. The van der Waals surface area contributed by atoms with E-state index in [0.717, 1.165) is 24.5 Å². The molecule has 2 aromatic rings. The van der Waals surface area contributed by atoms with Crippen molar-refractivity contribution >= 4 is 15.7 Å². The first-order valence-corrected chi connectivity index (χ1v) is 10.6. The number of nitro groups is 1. The van der Waals surface area contributed by atoms with Gasteiger partial charge in [0.25, 0.3) is 0 Å². The highest BCUT2D eigenvalue weighted by Crippen LogP contribution is 2.35. The van der Waals surface area contributed by atoms with Gasteiger partial charge in [0.15, 0.2) is 0 Å². The zero-order valence-electron chi connectivity index (χ0n) is 16.2. The topological polar surface area (TPSA) is 89.8 Å². The average Bonchev–Trinajstić information content (AvgIpc) is 3.17. The first-order valence-electron chi connectivity index (χ1n) is 9.16. The first-order chi connectivity index (χ1) is 13.1. The predicted octanol–water partition coefficient (Wildman–Crippen LogP) is 4.47. The molecule has 0 amide bonds. The number of hydrogen-bond donors (Lipinski definition) is 0. The van der Waals surface area contributed by atoms with Gasteiger partial charge < -0.3 is 4.74 Å². The number of rotatable bonds is 5. The second kappa shape index (κ2) is 7.52. The largest absolute Gasteiger partial charge is 0.450 e. The Morgan fingerprint density at radius 2 is 1.64 bits per heavy atom. The molecule has 150 valence electrons. The maximum absolute atomic E-state index is 12.7. The molecule has 0 aromatic heterocycles. The van der Waals surface area contributed by atoms with Crippen LogP contribution < -0.4 is 4.74 Å². The van der Waals surface area contributed by atoms with Crippen molar-refractivity contribution in [1.82, 2.24) is 4.31 Å². The third-order valence-electron chi connectivity index (χ3n) is 4.78. The highest BCUT2D eigenvalue weighted by atomic mass is 32.2. The van der Waals surface area contributed by atoms with Gasteiger partial charge in [-0.2, -0.15) is 4.31 Å². The molecule has 2 aromatic carbocycles. The van der Waals surface area contributed by atoms with E-state index in [0.29, 0.717) is 18.8 Å². The Bertz CT molecular complexity index is 973. The predicted molar refractivity (Wildman–Crippen MR) is 106 cm³/mol. The number of hydrogen-bond acceptors (Lipinski definition) is 5. The molecule has 7 nitrogen and oxygen atoms in total. The van der Waals surface area contributed by atoms with E-state index in [1.54, 1.807) is 12.1 Å². The molecule has 28 heavy (non-hydrogen) atoms. The van der Waals surface area contributed by atoms with Crippen LogP contribution in [0.4, 0.5) is 5.69 Å². The zero-order valence-corrected chi connectivity index (χ0v) is 17.0. The first kappa shape index (κ1) is 20.3. The summed E-state index contributed by atoms with van der Waals surface area (Å²) in [5.74, 6) is 0.458. The Kier molecular flexibility index (Phi) is 5.45. The SMILES string of the molecule is CC(C)(C)c1ccc(Oc2ccc(S(=O)(=O)N3CCCC3)cc2[N+](=O)[O-])cc1. The van der Waals surface area contributed by atoms with Crippen LogP contribution in [-0.2, 0) is 15.4 Å². The smallest absolute Gasteiger partial charge is 0.312 e. The van der Waals surface area contributed by atoms with Crippen LogP contribution in [0.15, 0.2) is 47.4 Å². The lowest BCUT2D eigenvalue weighted by Gasteiger charge is -2.19. The van der Waals surface area contributed by atoms with Gasteiger partial charge in [-0.05, 0) is 48.1 Å². The summed E-state index contributed by atoms with van der Waals surface area (Å²) in [6.07, 6.45) is 1.60. The van der Waals surface area contributed by atoms with Crippen molar-refractivity contribution in [2.24, 2.45) is 0 Å². The second-order valence-electron chi connectivity index (χ2n) is 7.87. The molecule has 0 unspecified atom stereocenters. The summed E-state index contributed by atoms with van der Waals surface area (Å²) in [5.41, 5.74) is 0.720. The lowest BCUT2D eigenvalue weighted by Crippen LogP contribution is -2.27. The van der Waals surface area contributed by atoms with Gasteiger partial charge in [0, 0.05) is 19.2 Å². The second-order valence-corrected chi connectivity index (χ2v) is 9.81. The monoisotopic (exact) mass is 404 g/mol. The molecule has 8 heteroatoms. The molecule has 1 heterocycles. The number of benzene rings is 2. The van der Waals surface area contributed by atoms with Crippen LogP contribution >= 0.6 is 0 Å². The highest BCUT2D eigenvalue weighted by Gasteiger charge is 2.30. The molecular weight excluding hydrogens is 380 g/mol. The summed E-state index contributed by atoms with van der Waals surface area (Å²) >= 11 is 0. The quantitative estimate of drug-likeness (QED) is 0.542. The molecule has 0 aliphatic carbocycles. The summed E-state index contributed by atoms with van der Waals surface area (Å²) < 4.78 is 32.4. The summed E-state index contributed by atoms with van der Waals surface area (Å²) in [6.45, 7) is 7.15. The Balaban J connectivity index is 1.91. The van der Waals surface area contributed by atoms with Crippen molar-refractivity contribution in [3.8, 4) is 11.5 Å². The van der Waals surface area contributed by atoms with E-state index in [9.17, 15) is 18.5 Å². The van der Waals surface area contributed by atoms with E-state index in [2.05, 4.69) is 20.8 Å². The molecule has 0 atom stereocenters. The minimum Gasteiger partial charge on any atom is -0.450 e. The number of nitrogens with zero attached hydrogens (tertiary/aromatic N) is 2. The van der Waals surface area contributed by atoms with Gasteiger partial charge >= 0.3 is 5.69 Å². The lowest BCUT2D eigenvalue weighted by atomic mass is 9.87. The van der Waals surface area contributed by atoms with Gasteiger partial charge in [-0.3, -0.25) is 10.1 Å². The van der Waals surface area contributed by atoms with Crippen LogP contribution in [0.25, 0.3) is 0 Å². The molecule has 1 aliphatic rings. The standard InChI is InChI=1S/C20H24N2O5S/c1-20(2,3)15-6-8-16(9-7-15)27-19-11-10-17(14-18(19)22(23)24)28(25,26)21-12-4-5-13-21/h6-11,14H,4-5,12-13H2,1-3H3. The molecular formula is C20H24N2O5S. The maximum atomic E-state index is 12.7. The van der Waals surface area contributed by atoms with Crippen LogP contribution in [0.2, 0.25) is 0 Å². The van der Waals surface area contributed by atoms with E-state index < -0.39 is 14.9 Å². The third kappa shape index (κ3) is 4.18. The maximum Gasteiger partial charge on any atom is 0.312 e. The van der Waals surface area contributed by atoms with Crippen molar-refractivity contribution in [2.75, 3.05) is 13.1 Å². The molecule has 3 rings (SSSR count). The van der Waals surface area contributed by atoms with E-state index >= 15 is 0 Å². The minimum atomic E-state index is -3.73. The molecule has 0 saturated carbocycles. The van der Waals surface area contributed by atoms with Crippen LogP contribution in [-0.4, -0.2) is 30.7 Å². The normalized spacial score (nSPS) is 15.5. The van der Waals surface area contributed by atoms with Gasteiger partial charge in [-0.1, -0.05) is 32.9 Å². The Morgan fingerprint density at radius 3 is 2.18 bits per heavy atom. The fourth-order valence-corrected chi connectivity index (χ4v) is 4.65. The van der Waals surface area contributed by atoms with Crippen LogP contribution in [0, 0.1) is 10.1 Å². The van der Waals surface area contributed by atoms with Crippen molar-refractivity contribution < 1.29 is 18.1 Å². The average molecular weight is 404 g/mol. The Hall–Kier alpha value is -2.45. The summed E-state index contributed by atoms with van der Waals surface area (Å²) in [5, 5.41) is 11.5. The highest BCUT2D eigenvalue weighted by molar-refractivity contribution is 7.89. The van der Waals surface area contributed by atoms with E-state index in [4.69, 9.17) is 4.74 Å². The van der Waals surface area contributed by atoms with Gasteiger partial charge in [0.1, 0.15) is 5.75 Å². The van der Waals surface area contributed by atoms with Crippen LogP contribution in [0.3, 0.4) is 0 Å². The molecule has 0 bridgehead atoms. The summed E-state index contributed by atoms with van der Waals surface area (Å²) in [6, 6.07) is 11.1. The zero-order chi connectivity index (χ0) is 20.5. The minimum absolute atomic E-state index is 0.00822. The fraction of sp³-hybridized carbons (Fsp3) is 0.400. The van der Waals surface area contributed by atoms with Crippen molar-refractivity contribution in [1.29, 1.82) is 0 Å². The number of sulfonamides is 1. The van der Waals surface area contributed by atoms with E-state index in [-0.39, 0.29) is 21.7 Å². The third-order valence-corrected chi connectivity index (χ3v) is 6.67. The van der Waals surface area contributed by atoms with Gasteiger partial charge in [-0.25, -0.2) is 8.42 Å². The molecule has 1 saturated heterocycles. The number of ether oxygens (including phenoxy) is 1. The lowest BCUT2D eigenvalue weighted by molar-refractivity contribution is -0.385. The molecule has 0 radical (unpaired) electrons. The Labute approximate surface area is 165 Å². The number of nitro benzene ring substituents is 1. The molecule has 1 aliphatic heterocycles. The summed E-state index contributed by atoms with van der Waals surface area (Å²) in [4.78, 5) is 10.8. The molecule has 1 fully saturated rings.